The van der Waals surface area contributed by atoms with Gasteiger partial charge < -0.3 is 5.32 Å². The molecule has 1 heterocycles. The van der Waals surface area contributed by atoms with E-state index in [0.29, 0.717) is 6.42 Å². The van der Waals surface area contributed by atoms with Gasteiger partial charge in [-0.2, -0.15) is 0 Å². The van der Waals surface area contributed by atoms with Crippen molar-refractivity contribution in [1.82, 2.24) is 5.32 Å². The van der Waals surface area contributed by atoms with E-state index in [4.69, 9.17) is 5.14 Å². The molecule has 0 saturated carbocycles. The van der Waals surface area contributed by atoms with Gasteiger partial charge in [0.05, 0.1) is 5.69 Å². The Kier molecular flexibility index (Phi) is 3.54. The van der Waals surface area contributed by atoms with Crippen LogP contribution in [0.4, 0.5) is 5.69 Å². The molecule has 1 aromatic rings. The van der Waals surface area contributed by atoms with Gasteiger partial charge in [-0.15, -0.1) is 0 Å². The Bertz CT molecular complexity index is 627. The monoisotopic (exact) mass is 283 g/mol. The molecule has 1 aromatic carbocycles. The van der Waals surface area contributed by atoms with Crippen molar-refractivity contribution in [3.8, 4) is 0 Å². The van der Waals surface area contributed by atoms with Crippen LogP contribution >= 0.6 is 0 Å². The van der Waals surface area contributed by atoms with E-state index in [1.807, 2.05) is 0 Å². The summed E-state index contributed by atoms with van der Waals surface area (Å²) in [5.41, 5.74) is 0.250. The Hall–Kier alpha value is -1.93. The summed E-state index contributed by atoms with van der Waals surface area (Å²) < 4.78 is 22.8. The quantitative estimate of drug-likeness (QED) is 0.649. The zero-order valence-electron chi connectivity index (χ0n) is 9.92. The minimum absolute atomic E-state index is 0.0836. The second-order valence-electron chi connectivity index (χ2n) is 4.19. The number of sulfonamides is 1. The van der Waals surface area contributed by atoms with Gasteiger partial charge in [-0.1, -0.05) is 12.1 Å². The van der Waals surface area contributed by atoms with E-state index in [-0.39, 0.29) is 22.9 Å². The van der Waals surface area contributed by atoms with Gasteiger partial charge in [-0.05, 0) is 18.6 Å². The number of nitrogens with one attached hydrogen (secondary N) is 2. The molecule has 0 radical (unpaired) electrons. The minimum Gasteiger partial charge on any atom is -0.373 e. The van der Waals surface area contributed by atoms with Gasteiger partial charge in [-0.25, -0.2) is 13.6 Å². The van der Waals surface area contributed by atoms with Gasteiger partial charge in [0.2, 0.25) is 21.8 Å². The lowest BCUT2D eigenvalue weighted by Gasteiger charge is -2.23. The lowest BCUT2D eigenvalue weighted by molar-refractivity contribution is -0.133. The maximum atomic E-state index is 11.6. The van der Waals surface area contributed by atoms with Crippen LogP contribution in [-0.2, 0) is 19.6 Å². The maximum absolute atomic E-state index is 11.6. The lowest BCUT2D eigenvalue weighted by Crippen LogP contribution is -2.47. The smallest absolute Gasteiger partial charge is 0.249 e. The number of nitrogens with two attached hydrogens (primary N) is 1. The number of para-hydroxylation sites is 1. The summed E-state index contributed by atoms with van der Waals surface area (Å²) in [4.78, 5) is 22.5. The Morgan fingerprint density at radius 1 is 1.26 bits per heavy atom. The third-order valence-electron chi connectivity index (χ3n) is 2.76. The number of imide groups is 1. The molecule has 0 bridgehead atoms. The highest BCUT2D eigenvalue weighted by Gasteiger charge is 2.27. The molecule has 2 rings (SSSR count). The Morgan fingerprint density at radius 3 is 2.58 bits per heavy atom. The number of amides is 2. The summed E-state index contributed by atoms with van der Waals surface area (Å²) in [7, 11) is -3.87. The van der Waals surface area contributed by atoms with E-state index < -0.39 is 22.0 Å². The fourth-order valence-electron chi connectivity index (χ4n) is 1.85. The molecule has 1 aliphatic heterocycles. The number of carbonyl (C=O) groups is 2. The van der Waals surface area contributed by atoms with Crippen molar-refractivity contribution in [2.75, 3.05) is 5.32 Å². The first kappa shape index (κ1) is 13.5. The molecular formula is C11H13N3O4S. The standard InChI is InChI=1S/C11H13N3O4S/c12-19(17,18)9-4-2-1-3-7(9)13-8-5-6-10(15)14-11(8)16/h1-4,8,13H,5-6H2,(H2,12,17,18)(H,14,15,16). The molecule has 1 saturated heterocycles. The second kappa shape index (κ2) is 4.98. The average Bonchev–Trinajstić information content (AvgIpc) is 2.32. The molecule has 0 spiro atoms. The summed E-state index contributed by atoms with van der Waals surface area (Å²) in [5, 5.41) is 10.1. The van der Waals surface area contributed by atoms with Crippen molar-refractivity contribution in [2.45, 2.75) is 23.8 Å². The maximum Gasteiger partial charge on any atom is 0.249 e. The second-order valence-corrected chi connectivity index (χ2v) is 5.72. The predicted octanol–water partition coefficient (Wildman–Crippen LogP) is -0.449. The molecule has 1 atom stereocenters. The van der Waals surface area contributed by atoms with E-state index in [0.717, 1.165) is 0 Å². The van der Waals surface area contributed by atoms with Gasteiger partial charge >= 0.3 is 0 Å². The molecule has 1 aliphatic rings. The predicted molar refractivity (Wildman–Crippen MR) is 67.6 cm³/mol. The highest BCUT2D eigenvalue weighted by Crippen LogP contribution is 2.21. The third-order valence-corrected chi connectivity index (χ3v) is 3.73. The van der Waals surface area contributed by atoms with Gasteiger partial charge in [0.25, 0.3) is 0 Å². The van der Waals surface area contributed by atoms with Gasteiger partial charge in [0, 0.05) is 6.42 Å². The van der Waals surface area contributed by atoms with Gasteiger partial charge in [0.15, 0.2) is 0 Å². The molecule has 1 fully saturated rings. The number of primary sulfonamides is 1. The molecule has 2 amide bonds. The zero-order valence-corrected chi connectivity index (χ0v) is 10.7. The molecule has 0 aliphatic carbocycles. The van der Waals surface area contributed by atoms with Crippen LogP contribution < -0.4 is 15.8 Å². The summed E-state index contributed by atoms with van der Waals surface area (Å²) in [5.74, 6) is -0.803. The van der Waals surface area contributed by atoms with E-state index in [1.54, 1.807) is 6.07 Å². The van der Waals surface area contributed by atoms with Crippen LogP contribution in [0.25, 0.3) is 0 Å². The van der Waals surface area contributed by atoms with E-state index >= 15 is 0 Å². The SMILES string of the molecule is NS(=O)(=O)c1ccccc1NC1CCC(=O)NC1=O. The number of anilines is 1. The average molecular weight is 283 g/mol. The fourth-order valence-corrected chi connectivity index (χ4v) is 2.55. The number of hydrogen-bond acceptors (Lipinski definition) is 5. The molecule has 4 N–H and O–H groups in total. The molecule has 8 heteroatoms. The first-order chi connectivity index (χ1) is 8.88. The van der Waals surface area contributed by atoms with E-state index in [2.05, 4.69) is 10.6 Å². The van der Waals surface area contributed by atoms with Crippen LogP contribution in [0.5, 0.6) is 0 Å². The molecule has 19 heavy (non-hydrogen) atoms. The number of carbonyl (C=O) groups excluding carboxylic acids is 2. The third kappa shape index (κ3) is 3.09. The Balaban J connectivity index is 2.25. The molecule has 0 aromatic heterocycles. The van der Waals surface area contributed by atoms with Crippen LogP contribution in [0.15, 0.2) is 29.2 Å². The molecule has 1 unspecified atom stereocenters. The zero-order chi connectivity index (χ0) is 14.0. The summed E-state index contributed by atoms with van der Waals surface area (Å²) in [6.45, 7) is 0. The van der Waals surface area contributed by atoms with Crippen molar-refractivity contribution in [1.29, 1.82) is 0 Å². The van der Waals surface area contributed by atoms with Crippen LogP contribution in [0.3, 0.4) is 0 Å². The number of benzene rings is 1. The van der Waals surface area contributed by atoms with E-state index in [9.17, 15) is 18.0 Å². The van der Waals surface area contributed by atoms with Crippen molar-refractivity contribution < 1.29 is 18.0 Å². The molecule has 102 valence electrons. The fraction of sp³-hybridized carbons (Fsp3) is 0.273. The molecular weight excluding hydrogens is 270 g/mol. The Morgan fingerprint density at radius 2 is 1.95 bits per heavy atom. The number of hydrogen-bond donors (Lipinski definition) is 3. The van der Waals surface area contributed by atoms with Crippen LogP contribution in [0, 0.1) is 0 Å². The highest BCUT2D eigenvalue weighted by atomic mass is 32.2. The lowest BCUT2D eigenvalue weighted by atomic mass is 10.1. The number of piperidine rings is 1. The molecule has 7 nitrogen and oxygen atoms in total. The van der Waals surface area contributed by atoms with Crippen LogP contribution in [0.1, 0.15) is 12.8 Å². The van der Waals surface area contributed by atoms with Crippen LogP contribution in [0.2, 0.25) is 0 Å². The summed E-state index contributed by atoms with van der Waals surface area (Å²) >= 11 is 0. The van der Waals surface area contributed by atoms with Crippen molar-refractivity contribution in [2.24, 2.45) is 5.14 Å². The van der Waals surface area contributed by atoms with E-state index in [1.165, 1.54) is 18.2 Å². The van der Waals surface area contributed by atoms with Gasteiger partial charge in [0.1, 0.15) is 10.9 Å². The first-order valence-electron chi connectivity index (χ1n) is 5.60. The topological polar surface area (TPSA) is 118 Å². The van der Waals surface area contributed by atoms with Crippen molar-refractivity contribution in [3.63, 3.8) is 0 Å². The summed E-state index contributed by atoms with van der Waals surface area (Å²) in [6, 6.07) is 5.38. The minimum atomic E-state index is -3.87. The highest BCUT2D eigenvalue weighted by molar-refractivity contribution is 7.89. The van der Waals surface area contributed by atoms with Gasteiger partial charge in [-0.3, -0.25) is 14.9 Å². The van der Waals surface area contributed by atoms with Crippen LogP contribution in [-0.4, -0.2) is 26.3 Å². The normalized spacial score (nSPS) is 19.9. The van der Waals surface area contributed by atoms with Crippen molar-refractivity contribution >= 4 is 27.5 Å². The largest absolute Gasteiger partial charge is 0.373 e. The van der Waals surface area contributed by atoms with Crippen molar-refractivity contribution in [3.05, 3.63) is 24.3 Å². The Labute approximate surface area is 110 Å². The first-order valence-corrected chi connectivity index (χ1v) is 7.14. The summed E-state index contributed by atoms with van der Waals surface area (Å²) in [6.07, 6.45) is 0.518. The number of rotatable bonds is 3.